The van der Waals surface area contributed by atoms with Crippen molar-refractivity contribution in [1.29, 1.82) is 0 Å². The fourth-order valence-corrected chi connectivity index (χ4v) is 2.42. The van der Waals surface area contributed by atoms with E-state index < -0.39 is 5.97 Å². The highest BCUT2D eigenvalue weighted by molar-refractivity contribution is 6.29. The number of aromatic nitrogens is 1. The van der Waals surface area contributed by atoms with Crippen LogP contribution in [-0.4, -0.2) is 16.9 Å². The first kappa shape index (κ1) is 16.3. The van der Waals surface area contributed by atoms with Crippen LogP contribution in [0.1, 0.15) is 36.4 Å². The van der Waals surface area contributed by atoms with Gasteiger partial charge >= 0.3 is 5.97 Å². The average Bonchev–Trinajstić information content (AvgIpc) is 3.09. The molecule has 0 aliphatic carbocycles. The highest BCUT2D eigenvalue weighted by Crippen LogP contribution is 2.35. The lowest BCUT2D eigenvalue weighted by atomic mass is 10.1. The molecule has 2 heterocycles. The molecule has 0 unspecified atom stereocenters. The summed E-state index contributed by atoms with van der Waals surface area (Å²) in [5.74, 6) is 0.934. The van der Waals surface area contributed by atoms with Gasteiger partial charge in [0.25, 0.3) is 0 Å². The maximum Gasteiger partial charge on any atom is 0.311 e. The number of Topliss-reactive ketones (excluding diaryl/α,β-unsaturated/α-hetero) is 1. The number of rotatable bonds is 4. The van der Waals surface area contributed by atoms with Crippen LogP contribution in [0.5, 0.6) is 11.5 Å². The van der Waals surface area contributed by atoms with Gasteiger partial charge < -0.3 is 14.0 Å². The Labute approximate surface area is 143 Å². The summed E-state index contributed by atoms with van der Waals surface area (Å²) in [5, 5.41) is 3.78. The van der Waals surface area contributed by atoms with Gasteiger partial charge in [-0.3, -0.25) is 9.59 Å². The summed E-state index contributed by atoms with van der Waals surface area (Å²) in [6.45, 7) is 3.60. The van der Waals surface area contributed by atoms with E-state index in [0.29, 0.717) is 35.0 Å². The molecule has 0 spiro atoms. The molecule has 0 N–H and O–H groups in total. The third-order valence-electron chi connectivity index (χ3n) is 3.41. The molecule has 1 aliphatic heterocycles. The van der Waals surface area contributed by atoms with Crippen LogP contribution < -0.4 is 9.47 Å². The molecule has 0 fully saturated rings. The van der Waals surface area contributed by atoms with Crippen LogP contribution in [0.25, 0.3) is 0 Å². The maximum atomic E-state index is 12.1. The molecule has 7 heteroatoms. The van der Waals surface area contributed by atoms with Crippen LogP contribution in [-0.2, 0) is 11.2 Å². The largest absolute Gasteiger partial charge is 0.452 e. The molecular weight excluding hydrogens is 334 g/mol. The molecule has 0 atom stereocenters. The molecule has 1 aromatic heterocycles. The third kappa shape index (κ3) is 3.33. The van der Waals surface area contributed by atoms with Gasteiger partial charge in [-0.2, -0.15) is 0 Å². The Kier molecular flexibility index (Phi) is 4.40. The smallest absolute Gasteiger partial charge is 0.311 e. The van der Waals surface area contributed by atoms with Crippen LogP contribution in [0.3, 0.4) is 0 Å². The van der Waals surface area contributed by atoms with Crippen molar-refractivity contribution in [3.8, 4) is 11.5 Å². The monoisotopic (exact) mass is 347 g/mol. The lowest BCUT2D eigenvalue weighted by molar-refractivity contribution is -0.134. The van der Waals surface area contributed by atoms with Crippen LogP contribution >= 0.6 is 11.6 Å². The van der Waals surface area contributed by atoms with Gasteiger partial charge in [0.1, 0.15) is 17.3 Å². The number of ether oxygens (including phenoxy) is 2. The second kappa shape index (κ2) is 6.49. The Morgan fingerprint density at radius 1 is 1.29 bits per heavy atom. The Morgan fingerprint density at radius 3 is 2.75 bits per heavy atom. The predicted octanol–water partition coefficient (Wildman–Crippen LogP) is 3.74. The first-order chi connectivity index (χ1) is 11.4. The number of ketones is 1. The Morgan fingerprint density at radius 2 is 2.08 bits per heavy atom. The van der Waals surface area contributed by atoms with Gasteiger partial charge in [0, 0.05) is 18.6 Å². The number of halogens is 1. The van der Waals surface area contributed by atoms with Crippen molar-refractivity contribution >= 4 is 23.4 Å². The SMILES string of the molecule is CC(C)=C1Oc2cc(OC(=O)CCc3cc(Cl)no3)ccc2C1=O. The summed E-state index contributed by atoms with van der Waals surface area (Å²) in [4.78, 5) is 24.0. The van der Waals surface area contributed by atoms with Gasteiger partial charge in [0.2, 0.25) is 5.78 Å². The highest BCUT2D eigenvalue weighted by Gasteiger charge is 2.28. The average molecular weight is 348 g/mol. The van der Waals surface area contributed by atoms with Gasteiger partial charge in [0.05, 0.1) is 12.0 Å². The summed E-state index contributed by atoms with van der Waals surface area (Å²) < 4.78 is 15.7. The molecule has 2 aromatic rings. The highest BCUT2D eigenvalue weighted by atomic mass is 35.5. The topological polar surface area (TPSA) is 78.6 Å². The molecule has 0 amide bonds. The van der Waals surface area contributed by atoms with E-state index in [1.165, 1.54) is 6.07 Å². The molecule has 1 aromatic carbocycles. The number of nitrogens with zero attached hydrogens (tertiary/aromatic N) is 1. The van der Waals surface area contributed by atoms with Crippen LogP contribution in [0, 0.1) is 0 Å². The normalized spacial score (nSPS) is 12.8. The predicted molar refractivity (Wildman–Crippen MR) is 85.2 cm³/mol. The first-order valence-electron chi connectivity index (χ1n) is 7.30. The minimum atomic E-state index is -0.436. The van der Waals surface area contributed by atoms with Crippen molar-refractivity contribution in [2.24, 2.45) is 0 Å². The summed E-state index contributed by atoms with van der Waals surface area (Å²) in [6.07, 6.45) is 0.446. The molecule has 0 radical (unpaired) electrons. The molecule has 24 heavy (non-hydrogen) atoms. The summed E-state index contributed by atoms with van der Waals surface area (Å²) >= 11 is 5.64. The van der Waals surface area contributed by atoms with Crippen molar-refractivity contribution in [3.05, 3.63) is 52.1 Å². The van der Waals surface area contributed by atoms with Gasteiger partial charge in [0.15, 0.2) is 10.9 Å². The number of carbonyl (C=O) groups is 2. The van der Waals surface area contributed by atoms with Crippen molar-refractivity contribution in [3.63, 3.8) is 0 Å². The van der Waals surface area contributed by atoms with Crippen molar-refractivity contribution in [2.75, 3.05) is 0 Å². The molecular formula is C17H14ClNO5. The second-order valence-electron chi connectivity index (χ2n) is 5.51. The second-order valence-corrected chi connectivity index (χ2v) is 5.90. The van der Waals surface area contributed by atoms with Gasteiger partial charge in [-0.25, -0.2) is 0 Å². The Bertz CT molecular complexity index is 848. The lowest BCUT2D eigenvalue weighted by Crippen LogP contribution is -2.08. The van der Waals surface area contributed by atoms with Gasteiger partial charge in [-0.15, -0.1) is 0 Å². The number of hydrogen-bond acceptors (Lipinski definition) is 6. The van der Waals surface area contributed by atoms with Crippen LogP contribution in [0.15, 0.2) is 40.1 Å². The summed E-state index contributed by atoms with van der Waals surface area (Å²) in [6, 6.07) is 6.24. The van der Waals surface area contributed by atoms with Crippen molar-refractivity contribution in [2.45, 2.75) is 26.7 Å². The molecule has 1 aliphatic rings. The number of fused-ring (bicyclic) bond motifs is 1. The standard InChI is InChI=1S/C17H14ClNO5/c1-9(2)17-16(21)12-5-3-10(7-13(12)23-17)22-15(20)6-4-11-8-14(18)19-24-11/h3,5,7-8H,4,6H2,1-2H3. The van der Waals surface area contributed by atoms with Crippen molar-refractivity contribution < 1.29 is 23.6 Å². The van der Waals surface area contributed by atoms with E-state index in [-0.39, 0.29) is 17.4 Å². The Hall–Kier alpha value is -2.60. The van der Waals surface area contributed by atoms with Crippen LogP contribution in [0.2, 0.25) is 5.15 Å². The quantitative estimate of drug-likeness (QED) is 0.476. The molecule has 3 rings (SSSR count). The zero-order valence-corrected chi connectivity index (χ0v) is 13.8. The fourth-order valence-electron chi connectivity index (χ4n) is 2.26. The number of hydrogen-bond donors (Lipinski definition) is 0. The number of aryl methyl sites for hydroxylation is 1. The van der Waals surface area contributed by atoms with E-state index in [4.69, 9.17) is 25.6 Å². The van der Waals surface area contributed by atoms with Gasteiger partial charge in [-0.05, 0) is 31.6 Å². The summed E-state index contributed by atoms with van der Waals surface area (Å²) in [5.41, 5.74) is 1.25. The zero-order valence-electron chi connectivity index (χ0n) is 13.1. The van der Waals surface area contributed by atoms with Gasteiger partial charge in [-0.1, -0.05) is 16.8 Å². The van der Waals surface area contributed by atoms with E-state index in [0.717, 1.165) is 5.57 Å². The first-order valence-corrected chi connectivity index (χ1v) is 7.67. The number of benzene rings is 1. The number of esters is 1. The molecule has 0 saturated carbocycles. The minimum absolute atomic E-state index is 0.113. The van der Waals surface area contributed by atoms with E-state index in [1.54, 1.807) is 32.0 Å². The number of allylic oxidation sites excluding steroid dienone is 2. The van der Waals surface area contributed by atoms with E-state index in [9.17, 15) is 9.59 Å². The molecule has 0 saturated heterocycles. The van der Waals surface area contributed by atoms with E-state index in [2.05, 4.69) is 5.16 Å². The molecule has 0 bridgehead atoms. The minimum Gasteiger partial charge on any atom is -0.452 e. The Balaban J connectivity index is 1.65. The third-order valence-corrected chi connectivity index (χ3v) is 3.59. The molecule has 6 nitrogen and oxygen atoms in total. The molecule has 124 valence electrons. The fraction of sp³-hybridized carbons (Fsp3) is 0.235. The lowest BCUT2D eigenvalue weighted by Gasteiger charge is -2.05. The maximum absolute atomic E-state index is 12.1. The van der Waals surface area contributed by atoms with Crippen LogP contribution in [0.4, 0.5) is 0 Å². The van der Waals surface area contributed by atoms with E-state index in [1.807, 2.05) is 0 Å². The van der Waals surface area contributed by atoms with E-state index >= 15 is 0 Å². The zero-order chi connectivity index (χ0) is 17.3. The number of carbonyl (C=O) groups excluding carboxylic acids is 2. The summed E-state index contributed by atoms with van der Waals surface area (Å²) in [7, 11) is 0. The van der Waals surface area contributed by atoms with Crippen molar-refractivity contribution in [1.82, 2.24) is 5.16 Å².